The zero-order valence-electron chi connectivity index (χ0n) is 16.7. The molecule has 7 nitrogen and oxygen atoms in total. The fourth-order valence-corrected chi connectivity index (χ4v) is 3.93. The Hall–Kier alpha value is -2.09. The van der Waals surface area contributed by atoms with Crippen LogP contribution in [-0.4, -0.2) is 48.6 Å². The van der Waals surface area contributed by atoms with Crippen LogP contribution in [0.5, 0.6) is 5.75 Å². The lowest BCUT2D eigenvalue weighted by molar-refractivity contribution is -0.119. The Balaban J connectivity index is 0.00000240. The molecule has 2 aliphatic rings. The number of rotatable bonds is 6. The van der Waals surface area contributed by atoms with Crippen molar-refractivity contribution >= 4 is 24.0 Å². The molecular weight excluding hydrogens is 392 g/mol. The highest BCUT2D eigenvalue weighted by molar-refractivity contribution is 5.93. The summed E-state index contributed by atoms with van der Waals surface area (Å²) in [6.07, 6.45) is 5.95. The zero-order chi connectivity index (χ0) is 19.3. The molecule has 2 N–H and O–H groups in total. The van der Waals surface area contributed by atoms with Gasteiger partial charge in [-0.05, 0) is 48.6 Å². The first-order chi connectivity index (χ1) is 13.7. The lowest BCUT2D eigenvalue weighted by Gasteiger charge is -2.22. The molecule has 0 radical (unpaired) electrons. The van der Waals surface area contributed by atoms with Crippen molar-refractivity contribution < 1.29 is 14.3 Å². The smallest absolute Gasteiger partial charge is 0.229 e. The number of carbonyl (C=O) groups is 1. The standard InChI is InChI=1S/C21H28N4O3.ClH/c1-25-13-16(10-23-25)19-11-22-12-20(19)21(26)24-17-2-4-18(5-3-17)28-14-15-6-8-27-9-7-15;/h2-5,10,13,15,19-20,22H,6-9,11-12,14H2,1H3,(H,24,26);1H/t19-,20+;/m1./s1. The Labute approximate surface area is 177 Å². The molecule has 0 spiro atoms. The summed E-state index contributed by atoms with van der Waals surface area (Å²) >= 11 is 0. The lowest BCUT2D eigenvalue weighted by Crippen LogP contribution is -2.28. The molecule has 158 valence electrons. The van der Waals surface area contributed by atoms with Crippen molar-refractivity contribution in [1.29, 1.82) is 0 Å². The van der Waals surface area contributed by atoms with Crippen LogP contribution in [0.25, 0.3) is 0 Å². The Morgan fingerprint density at radius 3 is 2.72 bits per heavy atom. The number of hydrogen-bond acceptors (Lipinski definition) is 5. The lowest BCUT2D eigenvalue weighted by atomic mass is 9.90. The van der Waals surface area contributed by atoms with E-state index in [1.54, 1.807) is 4.68 Å². The Bertz CT molecular complexity index is 789. The maximum absolute atomic E-state index is 12.8. The van der Waals surface area contributed by atoms with E-state index in [1.807, 2.05) is 43.7 Å². The van der Waals surface area contributed by atoms with Gasteiger partial charge in [0.05, 0.1) is 18.7 Å². The molecule has 0 saturated carbocycles. The molecule has 2 saturated heterocycles. The number of nitrogens with one attached hydrogen (secondary N) is 2. The molecule has 1 amide bonds. The van der Waals surface area contributed by atoms with Crippen LogP contribution in [0.2, 0.25) is 0 Å². The maximum atomic E-state index is 12.8. The second-order valence-electron chi connectivity index (χ2n) is 7.70. The van der Waals surface area contributed by atoms with Gasteiger partial charge >= 0.3 is 0 Å². The topological polar surface area (TPSA) is 77.4 Å². The van der Waals surface area contributed by atoms with E-state index in [4.69, 9.17) is 9.47 Å². The Morgan fingerprint density at radius 2 is 2.03 bits per heavy atom. The number of aromatic nitrogens is 2. The van der Waals surface area contributed by atoms with E-state index in [-0.39, 0.29) is 30.2 Å². The Kier molecular flexibility index (Phi) is 7.52. The van der Waals surface area contributed by atoms with E-state index in [1.165, 1.54) is 0 Å². The molecule has 4 rings (SSSR count). The minimum absolute atomic E-state index is 0. The number of benzene rings is 1. The average Bonchev–Trinajstić information content (AvgIpc) is 3.37. The second-order valence-corrected chi connectivity index (χ2v) is 7.70. The van der Waals surface area contributed by atoms with Crippen LogP contribution in [0.3, 0.4) is 0 Å². The van der Waals surface area contributed by atoms with Gasteiger partial charge in [-0.25, -0.2) is 0 Å². The molecule has 8 heteroatoms. The van der Waals surface area contributed by atoms with Crippen LogP contribution in [0.15, 0.2) is 36.7 Å². The van der Waals surface area contributed by atoms with Gasteiger partial charge in [-0.15, -0.1) is 12.4 Å². The first-order valence-corrected chi connectivity index (χ1v) is 10.00. The van der Waals surface area contributed by atoms with Crippen LogP contribution in [0.1, 0.15) is 24.3 Å². The highest BCUT2D eigenvalue weighted by Gasteiger charge is 2.34. The van der Waals surface area contributed by atoms with Gasteiger partial charge in [0.25, 0.3) is 0 Å². The third-order valence-corrected chi connectivity index (χ3v) is 5.65. The molecule has 29 heavy (non-hydrogen) atoms. The predicted molar refractivity (Wildman–Crippen MR) is 114 cm³/mol. The number of nitrogens with zero attached hydrogens (tertiary/aromatic N) is 2. The molecule has 0 aliphatic carbocycles. The maximum Gasteiger partial charge on any atom is 0.229 e. The van der Waals surface area contributed by atoms with Crippen molar-refractivity contribution in [3.8, 4) is 5.75 Å². The van der Waals surface area contributed by atoms with Crippen LogP contribution in [-0.2, 0) is 16.6 Å². The summed E-state index contributed by atoms with van der Waals surface area (Å²) in [5.41, 5.74) is 1.89. The van der Waals surface area contributed by atoms with Gasteiger partial charge in [0.1, 0.15) is 5.75 Å². The summed E-state index contributed by atoms with van der Waals surface area (Å²) < 4.78 is 13.1. The van der Waals surface area contributed by atoms with Gasteiger partial charge in [0.15, 0.2) is 0 Å². The second kappa shape index (κ2) is 10.1. The van der Waals surface area contributed by atoms with E-state index < -0.39 is 0 Å². The fourth-order valence-electron chi connectivity index (χ4n) is 3.93. The summed E-state index contributed by atoms with van der Waals surface area (Å²) in [7, 11) is 1.90. The predicted octanol–water partition coefficient (Wildman–Crippen LogP) is 2.59. The highest BCUT2D eigenvalue weighted by atomic mass is 35.5. The number of hydrogen-bond donors (Lipinski definition) is 2. The largest absolute Gasteiger partial charge is 0.493 e. The quantitative estimate of drug-likeness (QED) is 0.751. The van der Waals surface area contributed by atoms with E-state index in [0.29, 0.717) is 12.5 Å². The zero-order valence-corrected chi connectivity index (χ0v) is 17.5. The van der Waals surface area contributed by atoms with Crippen LogP contribution in [0, 0.1) is 11.8 Å². The van der Waals surface area contributed by atoms with Gasteiger partial charge < -0.3 is 20.1 Å². The van der Waals surface area contributed by atoms with E-state index in [2.05, 4.69) is 15.7 Å². The number of ether oxygens (including phenoxy) is 2. The average molecular weight is 421 g/mol. The van der Waals surface area contributed by atoms with Crippen molar-refractivity contribution in [1.82, 2.24) is 15.1 Å². The van der Waals surface area contributed by atoms with Gasteiger partial charge in [-0.3, -0.25) is 9.48 Å². The summed E-state index contributed by atoms with van der Waals surface area (Å²) in [5, 5.41) is 10.6. The third-order valence-electron chi connectivity index (χ3n) is 5.65. The molecular formula is C21H29ClN4O3. The van der Waals surface area contributed by atoms with Crippen molar-refractivity contribution in [2.75, 3.05) is 38.2 Å². The molecule has 1 aromatic heterocycles. The summed E-state index contributed by atoms with van der Waals surface area (Å²) in [6, 6.07) is 7.64. The summed E-state index contributed by atoms with van der Waals surface area (Å²) in [4.78, 5) is 12.8. The van der Waals surface area contributed by atoms with Gasteiger partial charge in [0, 0.05) is 51.2 Å². The monoisotopic (exact) mass is 420 g/mol. The minimum Gasteiger partial charge on any atom is -0.493 e. The van der Waals surface area contributed by atoms with Crippen molar-refractivity contribution in [3.63, 3.8) is 0 Å². The number of amides is 1. The number of anilines is 1. The van der Waals surface area contributed by atoms with Gasteiger partial charge in [0.2, 0.25) is 5.91 Å². The number of aryl methyl sites for hydroxylation is 1. The van der Waals surface area contributed by atoms with E-state index in [0.717, 1.165) is 56.2 Å². The summed E-state index contributed by atoms with van der Waals surface area (Å²) in [5.74, 6) is 1.48. The fraction of sp³-hybridized carbons (Fsp3) is 0.524. The molecule has 3 heterocycles. The molecule has 0 unspecified atom stereocenters. The van der Waals surface area contributed by atoms with Crippen molar-refractivity contribution in [2.45, 2.75) is 18.8 Å². The summed E-state index contributed by atoms with van der Waals surface area (Å²) in [6.45, 7) is 3.85. The first kappa shape index (κ1) is 21.6. The molecule has 2 aliphatic heterocycles. The molecule has 0 bridgehead atoms. The number of halogens is 1. The SMILES string of the molecule is Cl.Cn1cc([C@H]2CNC[C@@H]2C(=O)Nc2ccc(OCC3CCOCC3)cc2)cn1. The Morgan fingerprint density at radius 1 is 1.28 bits per heavy atom. The molecule has 2 atom stereocenters. The van der Waals surface area contributed by atoms with Gasteiger partial charge in [-0.2, -0.15) is 5.10 Å². The normalized spacial score (nSPS) is 22.1. The molecule has 2 aromatic rings. The van der Waals surface area contributed by atoms with Crippen molar-refractivity contribution in [3.05, 3.63) is 42.2 Å². The highest BCUT2D eigenvalue weighted by Crippen LogP contribution is 2.29. The molecule has 2 fully saturated rings. The first-order valence-electron chi connectivity index (χ1n) is 10.00. The van der Waals surface area contributed by atoms with E-state index in [9.17, 15) is 4.79 Å². The van der Waals surface area contributed by atoms with E-state index >= 15 is 0 Å². The van der Waals surface area contributed by atoms with Crippen LogP contribution >= 0.6 is 12.4 Å². The number of carbonyl (C=O) groups excluding carboxylic acids is 1. The van der Waals surface area contributed by atoms with Gasteiger partial charge in [-0.1, -0.05) is 0 Å². The van der Waals surface area contributed by atoms with Crippen molar-refractivity contribution in [2.24, 2.45) is 18.9 Å². The minimum atomic E-state index is -0.103. The van der Waals surface area contributed by atoms with Crippen LogP contribution in [0.4, 0.5) is 5.69 Å². The molecule has 1 aromatic carbocycles. The third kappa shape index (κ3) is 5.50. The van der Waals surface area contributed by atoms with Crippen LogP contribution < -0.4 is 15.4 Å².